The molecule has 0 radical (unpaired) electrons. The fourth-order valence-corrected chi connectivity index (χ4v) is 6.64. The minimum absolute atomic E-state index is 0. The van der Waals surface area contributed by atoms with Crippen LogP contribution in [0.3, 0.4) is 0 Å². The van der Waals surface area contributed by atoms with Gasteiger partial charge in [0.15, 0.2) is 0 Å². The molecule has 2 aromatic carbocycles. The largest absolute Gasteiger partial charge is 1.00 e. The van der Waals surface area contributed by atoms with Gasteiger partial charge in [-0.1, -0.05) is 12.1 Å². The number of aromatic nitrogens is 4. The number of nitriles is 1. The van der Waals surface area contributed by atoms with E-state index >= 15 is 0 Å². The van der Waals surface area contributed by atoms with Gasteiger partial charge in [-0.2, -0.15) is 18.4 Å². The average Bonchev–Trinajstić information content (AvgIpc) is 3.58. The summed E-state index contributed by atoms with van der Waals surface area (Å²) in [5.41, 5.74) is 0.464. The molecule has 10 nitrogen and oxygen atoms in total. The van der Waals surface area contributed by atoms with E-state index in [1.165, 1.54) is 28.7 Å². The van der Waals surface area contributed by atoms with Crippen molar-refractivity contribution in [2.24, 2.45) is 0 Å². The maximum Gasteiger partial charge on any atom is 0.416 e. The van der Waals surface area contributed by atoms with Crippen LogP contribution < -0.4 is 23.0 Å². The highest BCUT2D eigenvalue weighted by Gasteiger charge is 2.41. The van der Waals surface area contributed by atoms with Crippen molar-refractivity contribution in [3.8, 4) is 6.07 Å². The predicted octanol–water partition coefficient (Wildman–Crippen LogP) is 2.24. The van der Waals surface area contributed by atoms with E-state index < -0.39 is 29.4 Å². The van der Waals surface area contributed by atoms with Gasteiger partial charge in [0.05, 0.1) is 60.4 Å². The molecular weight excluding hydrogens is 643 g/mol. The number of hydrogen-bond acceptors (Lipinski definition) is 8. The van der Waals surface area contributed by atoms with Gasteiger partial charge in [-0.15, -0.1) is 16.4 Å². The van der Waals surface area contributed by atoms with Gasteiger partial charge in [0.1, 0.15) is 12.6 Å². The summed E-state index contributed by atoms with van der Waals surface area (Å²) in [5, 5.41) is 17.3. The molecule has 242 valence electrons. The predicted molar refractivity (Wildman–Crippen MR) is 162 cm³/mol. The number of methoxy groups -OCH3 is 1. The Morgan fingerprint density at radius 1 is 1.20 bits per heavy atom. The van der Waals surface area contributed by atoms with E-state index in [9.17, 15) is 28.0 Å². The molecule has 46 heavy (non-hydrogen) atoms. The van der Waals surface area contributed by atoms with Gasteiger partial charge >= 0.3 is 17.8 Å². The number of carbonyl (C=O) groups is 1. The molecule has 0 spiro atoms. The summed E-state index contributed by atoms with van der Waals surface area (Å²) < 4.78 is 48.0. The van der Waals surface area contributed by atoms with Crippen LogP contribution in [-0.4, -0.2) is 58.0 Å². The number of quaternary nitrogens is 1. The van der Waals surface area contributed by atoms with E-state index in [4.69, 9.17) is 4.74 Å². The number of thiazole rings is 1. The maximum absolute atomic E-state index is 13.7. The van der Waals surface area contributed by atoms with Crippen molar-refractivity contribution in [2.45, 2.75) is 39.0 Å². The lowest BCUT2D eigenvalue weighted by atomic mass is 9.89. The zero-order valence-electron chi connectivity index (χ0n) is 25.6. The van der Waals surface area contributed by atoms with Crippen molar-refractivity contribution in [1.29, 1.82) is 5.26 Å². The number of nitrogens with one attached hydrogen (secondary N) is 1. The second kappa shape index (κ2) is 13.1. The van der Waals surface area contributed by atoms with Gasteiger partial charge in [0.25, 0.3) is 0 Å². The Labute approximate surface area is 273 Å². The van der Waals surface area contributed by atoms with Crippen LogP contribution in [0.5, 0.6) is 0 Å². The topological polar surface area (TPSA) is 117 Å². The van der Waals surface area contributed by atoms with Crippen molar-refractivity contribution in [3.63, 3.8) is 0 Å². The number of allylic oxidation sites excluding steroid dienone is 1. The lowest BCUT2D eigenvalue weighted by Gasteiger charge is -2.36. The number of esters is 1. The SMILES string of the molecule is COC(=O)C1=C(C)N(c2cccc(C(F)(F)F)c2)c2n[nH]c(=O)n2[C@@H]1c1ccc(C#N)cc1CC[N+](C)(C)Cc1cnc(C)s1.[Cl-]. The molecule has 0 saturated carbocycles. The summed E-state index contributed by atoms with van der Waals surface area (Å²) in [6.07, 6.45) is -2.27. The van der Waals surface area contributed by atoms with Crippen molar-refractivity contribution >= 4 is 28.9 Å². The number of anilines is 2. The molecule has 2 aromatic heterocycles. The third kappa shape index (κ3) is 6.72. The number of likely N-dealkylation sites (N-methyl/N-ethyl adjacent to an activating group) is 1. The molecular formula is C31H31ClF3N7O3S. The average molecular weight is 674 g/mol. The number of halogens is 4. The monoisotopic (exact) mass is 673 g/mol. The zero-order valence-corrected chi connectivity index (χ0v) is 27.2. The first-order valence-corrected chi connectivity index (χ1v) is 14.8. The molecule has 1 atom stereocenters. The molecule has 0 bridgehead atoms. The summed E-state index contributed by atoms with van der Waals surface area (Å²) in [4.78, 5) is 33.7. The van der Waals surface area contributed by atoms with Crippen LogP contribution in [0.25, 0.3) is 0 Å². The Bertz CT molecular complexity index is 1910. The number of H-pyrrole nitrogens is 1. The smallest absolute Gasteiger partial charge is 0.416 e. The van der Waals surface area contributed by atoms with E-state index in [1.807, 2.05) is 13.1 Å². The summed E-state index contributed by atoms with van der Waals surface area (Å²) in [5.74, 6) is -0.762. The third-order valence-electron chi connectivity index (χ3n) is 7.79. The summed E-state index contributed by atoms with van der Waals surface area (Å²) in [6, 6.07) is 10.7. The number of ether oxygens (including phenoxy) is 1. The maximum atomic E-state index is 13.7. The minimum Gasteiger partial charge on any atom is -1.00 e. The van der Waals surface area contributed by atoms with Gasteiger partial charge in [-0.3, -0.25) is 4.90 Å². The molecule has 3 heterocycles. The van der Waals surface area contributed by atoms with Crippen LogP contribution in [-0.2, 0) is 28.7 Å². The van der Waals surface area contributed by atoms with Gasteiger partial charge < -0.3 is 21.6 Å². The Balaban J connectivity index is 0.00000480. The summed E-state index contributed by atoms with van der Waals surface area (Å²) >= 11 is 1.63. The fraction of sp³-hybridized carbons (Fsp3) is 0.323. The van der Waals surface area contributed by atoms with Crippen molar-refractivity contribution < 1.29 is 39.6 Å². The Kier molecular flexibility index (Phi) is 9.81. The van der Waals surface area contributed by atoms with Gasteiger partial charge in [0.2, 0.25) is 5.95 Å². The van der Waals surface area contributed by atoms with Crippen LogP contribution in [0.2, 0.25) is 0 Å². The van der Waals surface area contributed by atoms with E-state index in [2.05, 4.69) is 35.3 Å². The quantitative estimate of drug-likeness (QED) is 0.225. The van der Waals surface area contributed by atoms with Crippen LogP contribution in [0, 0.1) is 18.3 Å². The summed E-state index contributed by atoms with van der Waals surface area (Å²) in [7, 11) is 5.36. The Hall–Kier alpha value is -4.45. The molecule has 5 rings (SSSR count). The van der Waals surface area contributed by atoms with Gasteiger partial charge in [-0.05, 0) is 55.3 Å². The first-order valence-electron chi connectivity index (χ1n) is 13.9. The van der Waals surface area contributed by atoms with Crippen molar-refractivity contribution in [3.05, 3.63) is 103 Å². The molecule has 0 saturated heterocycles. The molecule has 1 aliphatic rings. The molecule has 4 aromatic rings. The van der Waals surface area contributed by atoms with Crippen LogP contribution in [0.15, 0.2) is 64.7 Å². The number of fused-ring (bicyclic) bond motifs is 1. The lowest BCUT2D eigenvalue weighted by Crippen LogP contribution is -3.00. The fourth-order valence-electron chi connectivity index (χ4n) is 5.64. The molecule has 1 N–H and O–H groups in total. The second-order valence-corrected chi connectivity index (χ2v) is 12.7. The van der Waals surface area contributed by atoms with E-state index in [1.54, 1.807) is 36.5 Å². The number of benzene rings is 2. The highest BCUT2D eigenvalue weighted by Crippen LogP contribution is 2.43. The highest BCUT2D eigenvalue weighted by atomic mass is 35.5. The number of hydrogen-bond donors (Lipinski definition) is 1. The minimum atomic E-state index is -4.62. The van der Waals surface area contributed by atoms with Gasteiger partial charge in [-0.25, -0.2) is 24.2 Å². The lowest BCUT2D eigenvalue weighted by molar-refractivity contribution is -0.903. The number of alkyl halides is 3. The first-order chi connectivity index (χ1) is 21.2. The van der Waals surface area contributed by atoms with Crippen LogP contribution >= 0.6 is 11.3 Å². The molecule has 0 unspecified atom stereocenters. The third-order valence-corrected chi connectivity index (χ3v) is 8.68. The van der Waals surface area contributed by atoms with Crippen LogP contribution in [0.4, 0.5) is 24.8 Å². The van der Waals surface area contributed by atoms with Crippen LogP contribution in [0.1, 0.15) is 45.1 Å². The second-order valence-electron chi connectivity index (χ2n) is 11.4. The van der Waals surface area contributed by atoms with Crippen molar-refractivity contribution in [2.75, 3.05) is 32.6 Å². The number of aryl methyl sites for hydroxylation is 1. The number of carbonyl (C=O) groups excluding carboxylic acids is 1. The number of rotatable bonds is 8. The van der Waals surface area contributed by atoms with Crippen molar-refractivity contribution in [1.82, 2.24) is 19.7 Å². The molecule has 0 fully saturated rings. The number of aromatic amines is 1. The first kappa shape index (κ1) is 34.4. The molecule has 15 heteroatoms. The van der Waals surface area contributed by atoms with E-state index in [-0.39, 0.29) is 35.3 Å². The Morgan fingerprint density at radius 2 is 1.93 bits per heavy atom. The van der Waals surface area contributed by atoms with E-state index in [0.29, 0.717) is 28.6 Å². The highest BCUT2D eigenvalue weighted by molar-refractivity contribution is 7.11. The zero-order chi connectivity index (χ0) is 32.7. The molecule has 1 aliphatic heterocycles. The molecule has 0 aliphatic carbocycles. The molecule has 0 amide bonds. The standard InChI is InChI=1S/C31H30F3N7O3S.ClH/c1-18-26(28(42)44-5)27(40-29(37-38-30(40)43)39(18)23-8-6-7-22(14-23)31(32,33)34)25-10-9-20(15-35)13-21(25)11-12-41(3,4)17-24-16-36-19(2)45-24;/h6-10,13-14,16,27H,11-12,17H2,1-5H3;1H/t27-;/m1./s1. The normalized spacial score (nSPS) is 14.8. The Morgan fingerprint density at radius 3 is 2.57 bits per heavy atom. The summed E-state index contributed by atoms with van der Waals surface area (Å²) in [6.45, 7) is 4.90. The van der Waals surface area contributed by atoms with E-state index in [0.717, 1.165) is 34.1 Å². The number of nitrogens with zero attached hydrogens (tertiary/aromatic N) is 6. The van der Waals surface area contributed by atoms with Gasteiger partial charge in [0, 0.05) is 24.0 Å².